The number of thiophene rings is 1. The van der Waals surface area contributed by atoms with E-state index in [0.29, 0.717) is 5.41 Å². The maximum absolute atomic E-state index is 5.03. The van der Waals surface area contributed by atoms with Crippen LogP contribution in [0.4, 0.5) is 0 Å². The molecule has 0 aliphatic carbocycles. The van der Waals surface area contributed by atoms with E-state index >= 15 is 0 Å². The fourth-order valence-corrected chi connectivity index (χ4v) is 11.4. The molecule has 3 aromatic heterocycles. The molecule has 0 amide bonds. The van der Waals surface area contributed by atoms with Crippen molar-refractivity contribution >= 4 is 60.2 Å². The Morgan fingerprint density at radius 1 is 0.722 bits per heavy atom. The van der Waals surface area contributed by atoms with Gasteiger partial charge < -0.3 is 4.57 Å². The molecule has 0 aliphatic heterocycles. The number of imidazole rings is 1. The summed E-state index contributed by atoms with van der Waals surface area (Å²) in [7, 11) is 0. The van der Waals surface area contributed by atoms with Gasteiger partial charge >= 0.3 is 132 Å². The van der Waals surface area contributed by atoms with Crippen molar-refractivity contribution in [1.29, 1.82) is 0 Å². The van der Waals surface area contributed by atoms with Crippen LogP contribution in [0.2, 0.25) is 17.3 Å². The Balaban J connectivity index is 0.000000198. The van der Waals surface area contributed by atoms with Crippen LogP contribution in [0.5, 0.6) is 0 Å². The van der Waals surface area contributed by atoms with Crippen LogP contribution in [-0.4, -0.2) is 27.8 Å². The summed E-state index contributed by atoms with van der Waals surface area (Å²) in [6.45, 7) is 13.7. The first-order valence-corrected chi connectivity index (χ1v) is 26.7. The van der Waals surface area contributed by atoms with Crippen molar-refractivity contribution < 1.29 is 20.1 Å². The summed E-state index contributed by atoms with van der Waals surface area (Å²) < 4.78 is 6.36. The molecule has 6 heteroatoms. The quantitative estimate of drug-likeness (QED) is 0.127. The van der Waals surface area contributed by atoms with Crippen LogP contribution >= 0.6 is 11.3 Å². The molecule has 3 nitrogen and oxygen atoms in total. The predicted molar refractivity (Wildman–Crippen MR) is 232 cm³/mol. The second-order valence-corrected chi connectivity index (χ2v) is 28.9. The third-order valence-electron chi connectivity index (χ3n) is 9.61. The summed E-state index contributed by atoms with van der Waals surface area (Å²) in [4.78, 5) is 9.75. The standard InChI is InChI=1S/C29H23N2S.C19H26GeN.Ir/c1-29(2,3)20-13-15-21(16-14-20)31-25-10-6-5-9-24(25)30-28(31)19-12-17-23-22-8-4-7-11-26(22)32-27(23)18-19;1-19(2,3)13-16-12-18(15-10-8-7-9-11-15)21-14-17(16)20(4,5)6;/h4-11,13-18H,1-3H3;7-10,12,14H,13H2,1-6H3;/q2*-1;. The zero-order valence-electron chi connectivity index (χ0n) is 32.8. The van der Waals surface area contributed by atoms with Crippen molar-refractivity contribution in [2.75, 3.05) is 0 Å². The summed E-state index contributed by atoms with van der Waals surface area (Å²) in [5.41, 5.74) is 9.59. The van der Waals surface area contributed by atoms with Crippen molar-refractivity contribution in [3.05, 3.63) is 145 Å². The van der Waals surface area contributed by atoms with Gasteiger partial charge in [-0.15, -0.1) is 23.8 Å². The second kappa shape index (κ2) is 15.7. The van der Waals surface area contributed by atoms with E-state index in [1.54, 1.807) is 0 Å². The SMILES string of the molecule is CC(C)(C)Cc1cc(-c2[c-]cccc2)nc[c]1[Ge]([CH3])([CH3])[CH3].CC(C)(C)c1ccc(-n2c(-c3[c-]cc4c(c3)sc3ccccc34)nc3ccccc32)cc1.[Ir]. The van der Waals surface area contributed by atoms with Crippen molar-refractivity contribution in [2.45, 2.75) is 70.6 Å². The molecule has 5 aromatic carbocycles. The molecule has 0 N–H and O–H groups in total. The average molecular weight is 965 g/mol. The molecule has 0 unspecified atom stereocenters. The Morgan fingerprint density at radius 3 is 2.11 bits per heavy atom. The third-order valence-corrected chi connectivity index (χ3v) is 15.1. The molecular formula is C48H49GeIrN3S-2. The van der Waals surface area contributed by atoms with E-state index in [0.717, 1.165) is 45.8 Å². The van der Waals surface area contributed by atoms with E-state index in [2.05, 4.69) is 173 Å². The van der Waals surface area contributed by atoms with Gasteiger partial charge in [0.2, 0.25) is 0 Å². The van der Waals surface area contributed by atoms with E-state index in [4.69, 9.17) is 9.97 Å². The summed E-state index contributed by atoms with van der Waals surface area (Å²) in [6, 6.07) is 47.3. The molecule has 0 saturated heterocycles. The number of nitrogens with zero attached hydrogens (tertiary/aromatic N) is 3. The molecule has 54 heavy (non-hydrogen) atoms. The van der Waals surface area contributed by atoms with Crippen LogP contribution in [0.25, 0.3) is 59.5 Å². The van der Waals surface area contributed by atoms with Gasteiger partial charge in [0.1, 0.15) is 0 Å². The number of benzene rings is 5. The minimum absolute atomic E-state index is 0. The largest absolute Gasteiger partial charge is 0.333 e. The maximum Gasteiger partial charge on any atom is 0.0774 e. The van der Waals surface area contributed by atoms with E-state index in [1.165, 1.54) is 35.7 Å². The first-order valence-electron chi connectivity index (χ1n) is 18.5. The summed E-state index contributed by atoms with van der Waals surface area (Å²) in [6.07, 6.45) is 3.24. The molecule has 8 aromatic rings. The number of hydrogen-bond donors (Lipinski definition) is 0. The first-order chi connectivity index (χ1) is 25.2. The molecule has 1 radical (unpaired) electrons. The van der Waals surface area contributed by atoms with Crippen molar-refractivity contribution in [2.24, 2.45) is 5.41 Å². The normalized spacial score (nSPS) is 12.1. The van der Waals surface area contributed by atoms with Gasteiger partial charge in [-0.1, -0.05) is 68.6 Å². The minimum Gasteiger partial charge on any atom is -0.333 e. The van der Waals surface area contributed by atoms with Crippen LogP contribution in [-0.2, 0) is 31.9 Å². The molecule has 0 bridgehead atoms. The van der Waals surface area contributed by atoms with Crippen molar-refractivity contribution in [3.63, 3.8) is 0 Å². The first kappa shape index (κ1) is 39.8. The molecule has 0 fully saturated rings. The molecule has 0 spiro atoms. The molecule has 8 rings (SSSR count). The summed E-state index contributed by atoms with van der Waals surface area (Å²) in [5, 5.41) is 2.55. The monoisotopic (exact) mass is 966 g/mol. The Labute approximate surface area is 341 Å². The Bertz CT molecular complexity index is 2530. The Hall–Kier alpha value is -3.87. The average Bonchev–Trinajstić information content (AvgIpc) is 3.69. The van der Waals surface area contributed by atoms with Gasteiger partial charge in [-0.2, -0.15) is 11.3 Å². The second-order valence-electron chi connectivity index (χ2n) is 17.3. The van der Waals surface area contributed by atoms with Crippen LogP contribution in [0, 0.1) is 17.5 Å². The number of pyridine rings is 1. The number of fused-ring (bicyclic) bond motifs is 4. The van der Waals surface area contributed by atoms with Crippen LogP contribution in [0.15, 0.2) is 121 Å². The van der Waals surface area contributed by atoms with Gasteiger partial charge in [0.25, 0.3) is 0 Å². The predicted octanol–water partition coefficient (Wildman–Crippen LogP) is 12.8. The number of aromatic nitrogens is 3. The van der Waals surface area contributed by atoms with Gasteiger partial charge in [-0.05, 0) is 51.4 Å². The number of rotatable bonds is 5. The summed E-state index contributed by atoms with van der Waals surface area (Å²) in [5.74, 6) is 8.25. The minimum atomic E-state index is -1.90. The fourth-order valence-electron chi connectivity index (χ4n) is 6.96. The zero-order chi connectivity index (χ0) is 37.5. The topological polar surface area (TPSA) is 30.7 Å². The summed E-state index contributed by atoms with van der Waals surface area (Å²) >= 11 is -0.0697. The zero-order valence-corrected chi connectivity index (χ0v) is 38.1. The van der Waals surface area contributed by atoms with Gasteiger partial charge in [0, 0.05) is 30.5 Å². The van der Waals surface area contributed by atoms with E-state index < -0.39 is 13.3 Å². The molecule has 0 atom stereocenters. The number of para-hydroxylation sites is 2. The Morgan fingerprint density at radius 2 is 1.43 bits per heavy atom. The molecule has 277 valence electrons. The van der Waals surface area contributed by atoms with Gasteiger partial charge in [0.05, 0.1) is 16.9 Å². The number of hydrogen-bond acceptors (Lipinski definition) is 3. The van der Waals surface area contributed by atoms with E-state index in [1.807, 2.05) is 35.6 Å². The van der Waals surface area contributed by atoms with Crippen LogP contribution in [0.3, 0.4) is 0 Å². The van der Waals surface area contributed by atoms with Crippen molar-refractivity contribution in [1.82, 2.24) is 14.5 Å². The molecular weight excluding hydrogens is 915 g/mol. The van der Waals surface area contributed by atoms with E-state index in [9.17, 15) is 0 Å². The maximum atomic E-state index is 5.03. The molecule has 3 heterocycles. The van der Waals surface area contributed by atoms with Crippen molar-refractivity contribution in [3.8, 4) is 28.3 Å². The third kappa shape index (κ3) is 8.66. The van der Waals surface area contributed by atoms with Gasteiger partial charge in [-0.25, -0.2) is 0 Å². The van der Waals surface area contributed by atoms with Gasteiger partial charge in [-0.3, -0.25) is 4.98 Å². The Kier molecular flexibility index (Phi) is 11.6. The fraction of sp³-hybridized carbons (Fsp3) is 0.250. The van der Waals surface area contributed by atoms with Crippen LogP contribution in [0.1, 0.15) is 52.7 Å². The van der Waals surface area contributed by atoms with Gasteiger partial charge in [0.15, 0.2) is 0 Å². The van der Waals surface area contributed by atoms with E-state index in [-0.39, 0.29) is 25.5 Å². The molecule has 0 aliphatic rings. The van der Waals surface area contributed by atoms with Crippen LogP contribution < -0.4 is 4.40 Å². The molecule has 0 saturated carbocycles. The smallest absolute Gasteiger partial charge is 0.0774 e.